The molecule has 0 heterocycles. The van der Waals surface area contributed by atoms with Crippen LogP contribution in [-0.2, 0) is 0 Å². The molecular formula is C19H38. The Hall–Kier alpha value is 0. The molecule has 0 bridgehead atoms. The summed E-state index contributed by atoms with van der Waals surface area (Å²) in [7, 11) is 0. The van der Waals surface area contributed by atoms with Crippen LogP contribution in [0.2, 0.25) is 0 Å². The molecule has 0 aromatic heterocycles. The minimum Gasteiger partial charge on any atom is -0.0625 e. The van der Waals surface area contributed by atoms with Crippen LogP contribution in [0.4, 0.5) is 0 Å². The molecule has 0 rings (SSSR count). The molecule has 0 aromatic rings. The van der Waals surface area contributed by atoms with Gasteiger partial charge in [-0.1, -0.05) is 117 Å². The van der Waals surface area contributed by atoms with Gasteiger partial charge in [-0.25, -0.2) is 0 Å². The smallest absolute Gasteiger partial charge is 0.0443 e. The van der Waals surface area contributed by atoms with Crippen LogP contribution >= 0.6 is 0 Å². The number of hydrogen-bond donors (Lipinski definition) is 0. The quantitative estimate of drug-likeness (QED) is 0.276. The van der Waals surface area contributed by atoms with E-state index in [0.29, 0.717) is 0 Å². The summed E-state index contributed by atoms with van der Waals surface area (Å²) in [5, 5.41) is 0. The van der Waals surface area contributed by atoms with Gasteiger partial charge in [-0.3, -0.25) is 0 Å². The van der Waals surface area contributed by atoms with Crippen LogP contribution < -0.4 is 0 Å². The van der Waals surface area contributed by atoms with E-state index in [2.05, 4.69) is 20.8 Å². The topological polar surface area (TPSA) is 0 Å². The molecule has 0 aliphatic carbocycles. The van der Waals surface area contributed by atoms with E-state index >= 15 is 0 Å². The lowest BCUT2D eigenvalue weighted by Crippen LogP contribution is -1.95. The lowest BCUT2D eigenvalue weighted by Gasteiger charge is -2.10. The molecule has 0 aliphatic rings. The van der Waals surface area contributed by atoms with Crippen molar-refractivity contribution in [2.45, 2.75) is 103 Å². The highest BCUT2D eigenvalue weighted by atomic mass is 14.1. The predicted molar refractivity (Wildman–Crippen MR) is 89.1 cm³/mol. The van der Waals surface area contributed by atoms with Crippen molar-refractivity contribution in [3.63, 3.8) is 0 Å². The van der Waals surface area contributed by atoms with E-state index in [0.717, 1.165) is 18.8 Å². The Kier molecular flexibility index (Phi) is 16.1. The fraction of sp³-hybridized carbons (Fsp3) is 0.895. The molecule has 1 unspecified atom stereocenters. The van der Waals surface area contributed by atoms with Crippen molar-refractivity contribution < 1.29 is 0 Å². The Bertz CT molecular complexity index is 150. The lowest BCUT2D eigenvalue weighted by atomic mass is 9.96. The van der Waals surface area contributed by atoms with Gasteiger partial charge >= 0.3 is 0 Å². The molecular weight excluding hydrogens is 228 g/mol. The largest absolute Gasteiger partial charge is 0.0625 e. The average molecular weight is 267 g/mol. The molecule has 0 heteroatoms. The SMILES string of the molecule is [CH2]CCCCCCCCCC(C)CCCCCC[CH2]. The van der Waals surface area contributed by atoms with Gasteiger partial charge in [0, 0.05) is 0 Å². The molecule has 19 heavy (non-hydrogen) atoms. The van der Waals surface area contributed by atoms with Crippen molar-refractivity contribution in [3.05, 3.63) is 13.8 Å². The Morgan fingerprint density at radius 1 is 0.526 bits per heavy atom. The maximum Gasteiger partial charge on any atom is -0.0443 e. The van der Waals surface area contributed by atoms with Crippen LogP contribution in [0.25, 0.3) is 0 Å². The first-order valence-corrected chi connectivity index (χ1v) is 8.89. The highest BCUT2D eigenvalue weighted by molar-refractivity contribution is 4.56. The van der Waals surface area contributed by atoms with Gasteiger partial charge in [0.1, 0.15) is 0 Å². The van der Waals surface area contributed by atoms with Gasteiger partial charge in [0.2, 0.25) is 0 Å². The maximum atomic E-state index is 3.90. The van der Waals surface area contributed by atoms with Crippen LogP contribution in [0, 0.1) is 19.8 Å². The number of rotatable bonds is 15. The van der Waals surface area contributed by atoms with Crippen LogP contribution in [0.3, 0.4) is 0 Å². The summed E-state index contributed by atoms with van der Waals surface area (Å²) in [5.41, 5.74) is 0. The van der Waals surface area contributed by atoms with E-state index in [1.165, 1.54) is 83.5 Å². The van der Waals surface area contributed by atoms with Crippen LogP contribution in [-0.4, -0.2) is 0 Å². The van der Waals surface area contributed by atoms with Crippen LogP contribution in [0.5, 0.6) is 0 Å². The molecule has 0 fully saturated rings. The van der Waals surface area contributed by atoms with E-state index < -0.39 is 0 Å². The highest BCUT2D eigenvalue weighted by Gasteiger charge is 2.01. The van der Waals surface area contributed by atoms with E-state index in [1.54, 1.807) is 0 Å². The van der Waals surface area contributed by atoms with E-state index in [-0.39, 0.29) is 0 Å². The fourth-order valence-corrected chi connectivity index (χ4v) is 2.72. The Balaban J connectivity index is 3.09. The first kappa shape index (κ1) is 19.0. The summed E-state index contributed by atoms with van der Waals surface area (Å²) in [6.07, 6.45) is 20.7. The van der Waals surface area contributed by atoms with Crippen LogP contribution in [0.1, 0.15) is 103 Å². The summed E-state index contributed by atoms with van der Waals surface area (Å²) < 4.78 is 0. The second-order valence-electron chi connectivity index (χ2n) is 6.28. The van der Waals surface area contributed by atoms with Crippen LogP contribution in [0.15, 0.2) is 0 Å². The van der Waals surface area contributed by atoms with Gasteiger partial charge in [-0.05, 0) is 5.92 Å². The summed E-state index contributed by atoms with van der Waals surface area (Å²) in [6, 6.07) is 0. The van der Waals surface area contributed by atoms with Crippen molar-refractivity contribution in [3.8, 4) is 0 Å². The number of hydrogen-bond acceptors (Lipinski definition) is 0. The molecule has 0 saturated heterocycles. The summed E-state index contributed by atoms with van der Waals surface area (Å²) in [6.45, 7) is 10.2. The third-order valence-corrected chi connectivity index (χ3v) is 4.14. The van der Waals surface area contributed by atoms with Crippen molar-refractivity contribution in [1.29, 1.82) is 0 Å². The molecule has 114 valence electrons. The second kappa shape index (κ2) is 16.1. The van der Waals surface area contributed by atoms with Crippen molar-refractivity contribution in [2.75, 3.05) is 0 Å². The molecule has 0 saturated carbocycles. The van der Waals surface area contributed by atoms with Crippen molar-refractivity contribution >= 4 is 0 Å². The summed E-state index contributed by atoms with van der Waals surface area (Å²) in [4.78, 5) is 0. The normalized spacial score (nSPS) is 12.8. The standard InChI is InChI=1S/C19H38/c1-4-6-8-10-11-12-14-16-18-19(3)17-15-13-9-7-5-2/h19H,1-2,4-18H2,3H3. The molecule has 0 N–H and O–H groups in total. The number of unbranched alkanes of at least 4 members (excludes halogenated alkanes) is 11. The fourth-order valence-electron chi connectivity index (χ4n) is 2.72. The van der Waals surface area contributed by atoms with E-state index in [1.807, 2.05) is 0 Å². The van der Waals surface area contributed by atoms with Gasteiger partial charge < -0.3 is 0 Å². The monoisotopic (exact) mass is 266 g/mol. The van der Waals surface area contributed by atoms with Crippen molar-refractivity contribution in [2.24, 2.45) is 5.92 Å². The van der Waals surface area contributed by atoms with Gasteiger partial charge in [0.15, 0.2) is 0 Å². The molecule has 2 radical (unpaired) electrons. The third-order valence-electron chi connectivity index (χ3n) is 4.14. The zero-order valence-corrected chi connectivity index (χ0v) is 13.6. The average Bonchev–Trinajstić information content (AvgIpc) is 2.41. The van der Waals surface area contributed by atoms with E-state index in [4.69, 9.17) is 0 Å². The maximum absolute atomic E-state index is 3.90. The Morgan fingerprint density at radius 3 is 1.21 bits per heavy atom. The minimum absolute atomic E-state index is 0.950. The van der Waals surface area contributed by atoms with E-state index in [9.17, 15) is 0 Å². The first-order valence-electron chi connectivity index (χ1n) is 8.89. The lowest BCUT2D eigenvalue weighted by molar-refractivity contribution is 0.432. The Morgan fingerprint density at radius 2 is 0.842 bits per heavy atom. The zero-order chi connectivity index (χ0) is 14.2. The molecule has 0 amide bonds. The molecule has 0 spiro atoms. The Labute approximate surface area is 123 Å². The highest BCUT2D eigenvalue weighted by Crippen LogP contribution is 2.18. The minimum atomic E-state index is 0.950. The third kappa shape index (κ3) is 15.9. The molecule has 1 atom stereocenters. The van der Waals surface area contributed by atoms with Gasteiger partial charge in [-0.2, -0.15) is 0 Å². The first-order chi connectivity index (χ1) is 9.31. The zero-order valence-electron chi connectivity index (χ0n) is 13.6. The van der Waals surface area contributed by atoms with Gasteiger partial charge in [0.05, 0.1) is 0 Å². The van der Waals surface area contributed by atoms with Crippen molar-refractivity contribution in [1.82, 2.24) is 0 Å². The van der Waals surface area contributed by atoms with Gasteiger partial charge in [0.25, 0.3) is 0 Å². The predicted octanol–water partition coefficient (Wildman–Crippen LogP) is 7.14. The molecule has 0 aliphatic heterocycles. The summed E-state index contributed by atoms with van der Waals surface area (Å²) in [5.74, 6) is 0.950. The molecule has 0 aromatic carbocycles. The van der Waals surface area contributed by atoms with Gasteiger partial charge in [-0.15, -0.1) is 0 Å². The second-order valence-corrected chi connectivity index (χ2v) is 6.28. The summed E-state index contributed by atoms with van der Waals surface area (Å²) >= 11 is 0. The molecule has 0 nitrogen and oxygen atoms in total.